The molecule has 1 aliphatic rings. The average Bonchev–Trinajstić information content (AvgIpc) is 2.05. The van der Waals surface area contributed by atoms with Gasteiger partial charge in [-0.1, -0.05) is 31.9 Å². The van der Waals surface area contributed by atoms with Crippen molar-refractivity contribution in [2.75, 3.05) is 13.1 Å². The van der Waals surface area contributed by atoms with Gasteiger partial charge in [-0.2, -0.15) is 5.53 Å². The Balaban J connectivity index is 2.30. The molecule has 0 radical (unpaired) electrons. The van der Waals surface area contributed by atoms with Gasteiger partial charge in [0.05, 0.1) is 10.2 Å². The molecule has 4 nitrogen and oxygen atoms in total. The molecule has 6 heteroatoms. The van der Waals surface area contributed by atoms with Crippen LogP contribution < -0.4 is 11.0 Å². The number of hydrogen-bond donors (Lipinski definition) is 2. The molecule has 0 aromatic heterocycles. The Hall–Kier alpha value is 0.350. The summed E-state index contributed by atoms with van der Waals surface area (Å²) < 4.78 is 0.0567. The van der Waals surface area contributed by atoms with Gasteiger partial charge in [-0.05, 0) is 6.42 Å². The van der Waals surface area contributed by atoms with E-state index in [9.17, 15) is 4.79 Å². The number of carbonyl (C=O) groups is 1. The van der Waals surface area contributed by atoms with Crippen molar-refractivity contribution in [2.45, 2.75) is 16.6 Å². The molecule has 1 aliphatic heterocycles. The number of halogens is 2. The van der Waals surface area contributed by atoms with E-state index in [4.69, 9.17) is 0 Å². The Bertz CT molecular complexity index is 159. The minimum absolute atomic E-state index is 0.0567. The van der Waals surface area contributed by atoms with Gasteiger partial charge in [0, 0.05) is 13.1 Å². The third-order valence-corrected chi connectivity index (χ3v) is 2.17. The highest BCUT2D eigenvalue weighted by Gasteiger charge is 2.17. The van der Waals surface area contributed by atoms with Crippen LogP contribution in [0.2, 0.25) is 0 Å². The van der Waals surface area contributed by atoms with Crippen molar-refractivity contribution in [1.82, 2.24) is 16.0 Å². The van der Waals surface area contributed by atoms with E-state index in [-0.39, 0.29) is 9.64 Å². The lowest BCUT2D eigenvalue weighted by atomic mass is 10.3. The number of alkyl halides is 2. The highest BCUT2D eigenvalue weighted by Crippen LogP contribution is 2.13. The first-order valence-electron chi connectivity index (χ1n) is 3.77. The van der Waals surface area contributed by atoms with E-state index in [1.54, 1.807) is 5.01 Å². The van der Waals surface area contributed by atoms with Crippen LogP contribution in [0, 0.1) is 0 Å². The number of nitrogens with one attached hydrogen (secondary N) is 2. The summed E-state index contributed by atoms with van der Waals surface area (Å²) in [5, 5.41) is 1.60. The van der Waals surface area contributed by atoms with E-state index in [0.717, 1.165) is 19.5 Å². The lowest BCUT2D eigenvalue weighted by molar-refractivity contribution is -0.136. The Morgan fingerprint density at radius 3 is 2.83 bits per heavy atom. The average molecular weight is 301 g/mol. The van der Waals surface area contributed by atoms with E-state index < -0.39 is 0 Å². The van der Waals surface area contributed by atoms with Gasteiger partial charge in [0.15, 0.2) is 0 Å². The molecular weight excluding hydrogens is 290 g/mol. The summed E-state index contributed by atoms with van der Waals surface area (Å²) in [6.45, 7) is 1.69. The third kappa shape index (κ3) is 3.38. The molecule has 1 fully saturated rings. The third-order valence-electron chi connectivity index (χ3n) is 1.53. The minimum Gasteiger partial charge on any atom is -0.273 e. The maximum absolute atomic E-state index is 11.4. The van der Waals surface area contributed by atoms with Crippen molar-refractivity contribution < 1.29 is 4.79 Å². The summed E-state index contributed by atoms with van der Waals surface area (Å²) in [5.74, 6) is 0.0842. The summed E-state index contributed by atoms with van der Waals surface area (Å²) in [4.78, 5) is 11.4. The van der Waals surface area contributed by atoms with E-state index in [0.29, 0.717) is 6.42 Å². The van der Waals surface area contributed by atoms with Gasteiger partial charge >= 0.3 is 0 Å². The number of rotatable bonds is 2. The van der Waals surface area contributed by atoms with Gasteiger partial charge in [0.2, 0.25) is 5.91 Å². The summed E-state index contributed by atoms with van der Waals surface area (Å²) in [7, 11) is 0. The first-order valence-corrected chi connectivity index (χ1v) is 5.60. The van der Waals surface area contributed by atoms with Crippen LogP contribution >= 0.6 is 31.9 Å². The van der Waals surface area contributed by atoms with Crippen LogP contribution in [-0.2, 0) is 4.79 Å². The number of hydrazine groups is 2. The molecule has 2 N–H and O–H groups in total. The lowest BCUT2D eigenvalue weighted by Crippen LogP contribution is -2.55. The molecule has 0 atom stereocenters. The Morgan fingerprint density at radius 2 is 2.33 bits per heavy atom. The Kier molecular flexibility index (Phi) is 4.49. The van der Waals surface area contributed by atoms with Gasteiger partial charge < -0.3 is 0 Å². The highest BCUT2D eigenvalue weighted by molar-refractivity contribution is 9.24. The minimum atomic E-state index is 0.0567. The molecule has 1 heterocycles. The molecule has 0 aromatic rings. The number of hydrogen-bond acceptors (Lipinski definition) is 3. The van der Waals surface area contributed by atoms with Crippen molar-refractivity contribution in [2.24, 2.45) is 0 Å². The molecule has 1 rings (SSSR count). The van der Waals surface area contributed by atoms with Crippen molar-refractivity contribution in [3.63, 3.8) is 0 Å². The second-order valence-corrected chi connectivity index (χ2v) is 5.97. The molecule has 1 saturated heterocycles. The van der Waals surface area contributed by atoms with Gasteiger partial charge in [0.1, 0.15) is 0 Å². The molecule has 0 bridgehead atoms. The second kappa shape index (κ2) is 5.16. The molecule has 12 heavy (non-hydrogen) atoms. The number of carbonyl (C=O) groups excluding carboxylic acids is 1. The van der Waals surface area contributed by atoms with E-state index in [2.05, 4.69) is 42.8 Å². The van der Waals surface area contributed by atoms with Crippen LogP contribution in [0.3, 0.4) is 0 Å². The molecule has 0 spiro atoms. The summed E-state index contributed by atoms with van der Waals surface area (Å²) in [6.07, 6.45) is 1.45. The largest absolute Gasteiger partial charge is 0.273 e. The predicted octanol–water partition coefficient (Wildman–Crippen LogP) is 0.734. The van der Waals surface area contributed by atoms with E-state index >= 15 is 0 Å². The SMILES string of the molecule is O=C(CC(Br)Br)N1CCCNN1. The smallest absolute Gasteiger partial charge is 0.239 e. The van der Waals surface area contributed by atoms with Gasteiger partial charge in [-0.3, -0.25) is 9.80 Å². The monoisotopic (exact) mass is 299 g/mol. The molecule has 0 unspecified atom stereocenters. The normalized spacial score (nSPS) is 18.4. The van der Waals surface area contributed by atoms with Gasteiger partial charge in [0.25, 0.3) is 0 Å². The fraction of sp³-hybridized carbons (Fsp3) is 0.833. The Morgan fingerprint density at radius 1 is 1.58 bits per heavy atom. The van der Waals surface area contributed by atoms with Crippen molar-refractivity contribution in [3.05, 3.63) is 0 Å². The first kappa shape index (κ1) is 10.4. The number of nitrogens with zero attached hydrogens (tertiary/aromatic N) is 1. The zero-order valence-electron chi connectivity index (χ0n) is 6.52. The van der Waals surface area contributed by atoms with Crippen LogP contribution in [0.4, 0.5) is 0 Å². The van der Waals surface area contributed by atoms with Crippen LogP contribution in [0.15, 0.2) is 0 Å². The van der Waals surface area contributed by atoms with Crippen LogP contribution in [0.25, 0.3) is 0 Å². The maximum atomic E-state index is 11.4. The summed E-state index contributed by atoms with van der Waals surface area (Å²) >= 11 is 6.53. The van der Waals surface area contributed by atoms with Crippen LogP contribution in [0.5, 0.6) is 0 Å². The topological polar surface area (TPSA) is 44.4 Å². The zero-order chi connectivity index (χ0) is 8.97. The quantitative estimate of drug-likeness (QED) is 0.739. The van der Waals surface area contributed by atoms with E-state index in [1.807, 2.05) is 0 Å². The van der Waals surface area contributed by atoms with Crippen LogP contribution in [0.1, 0.15) is 12.8 Å². The lowest BCUT2D eigenvalue weighted by Gasteiger charge is -2.28. The number of amides is 1. The van der Waals surface area contributed by atoms with Crippen molar-refractivity contribution in [3.8, 4) is 0 Å². The van der Waals surface area contributed by atoms with Crippen molar-refractivity contribution >= 4 is 37.8 Å². The molecule has 0 saturated carbocycles. The first-order chi connectivity index (χ1) is 5.70. The molecule has 1 amide bonds. The van der Waals surface area contributed by atoms with Crippen LogP contribution in [-0.4, -0.2) is 27.7 Å². The molecular formula is C6H11Br2N3O. The molecule has 0 aromatic carbocycles. The van der Waals surface area contributed by atoms with E-state index in [1.165, 1.54) is 0 Å². The maximum Gasteiger partial charge on any atom is 0.239 e. The van der Waals surface area contributed by atoms with Gasteiger partial charge in [-0.15, -0.1) is 0 Å². The predicted molar refractivity (Wildman–Crippen MR) is 53.7 cm³/mol. The summed E-state index contributed by atoms with van der Waals surface area (Å²) in [6, 6.07) is 0. The zero-order valence-corrected chi connectivity index (χ0v) is 9.69. The Labute approximate surface area is 88.3 Å². The highest BCUT2D eigenvalue weighted by atomic mass is 79.9. The fourth-order valence-corrected chi connectivity index (χ4v) is 1.52. The van der Waals surface area contributed by atoms with Gasteiger partial charge in [-0.25, -0.2) is 5.43 Å². The molecule has 70 valence electrons. The van der Waals surface area contributed by atoms with Crippen molar-refractivity contribution in [1.29, 1.82) is 0 Å². The standard InChI is InChI=1S/C6H11Br2N3O/c7-5(8)4-6(12)11-3-1-2-9-10-11/h5,9-10H,1-4H2. The summed E-state index contributed by atoms with van der Waals surface area (Å²) in [5.41, 5.74) is 5.73. The fourth-order valence-electron chi connectivity index (χ4n) is 0.962. The second-order valence-electron chi connectivity index (χ2n) is 2.53. The molecule has 0 aliphatic carbocycles.